The van der Waals surface area contributed by atoms with Crippen LogP contribution in [0.25, 0.3) is 28.1 Å². The van der Waals surface area contributed by atoms with Crippen LogP contribution in [-0.2, 0) is 6.54 Å². The summed E-state index contributed by atoms with van der Waals surface area (Å²) >= 11 is 0. The van der Waals surface area contributed by atoms with Crippen LogP contribution in [0.15, 0.2) is 70.4 Å². The van der Waals surface area contributed by atoms with Crippen molar-refractivity contribution >= 4 is 11.0 Å². The molecule has 154 valence electrons. The van der Waals surface area contributed by atoms with Gasteiger partial charge in [-0.05, 0) is 30.7 Å². The Balaban J connectivity index is 1.47. The molecule has 2 aromatic carbocycles. The molecule has 0 N–H and O–H groups in total. The number of hydrogen-bond donors (Lipinski definition) is 0. The van der Waals surface area contributed by atoms with Gasteiger partial charge in [0.05, 0.1) is 19.0 Å². The number of methoxy groups -OCH3 is 1. The maximum Gasteiger partial charge on any atom is 0.264 e. The smallest absolute Gasteiger partial charge is 0.264 e. The molecule has 0 bridgehead atoms. The standard InChI is InChI=1S/C22H18N6O3/c1-14-6-3-4-9-18(14)28-21-17(11-24-28)22(29)27(13-23-21)12-19-25-20(26-31-19)15-7-5-8-16(10-15)30-2/h3-11,13H,12H2,1-2H3. The fourth-order valence-electron chi connectivity index (χ4n) is 3.38. The minimum Gasteiger partial charge on any atom is -0.497 e. The average Bonchev–Trinajstić information content (AvgIpc) is 3.44. The van der Waals surface area contributed by atoms with E-state index in [-0.39, 0.29) is 12.1 Å². The second kappa shape index (κ2) is 7.52. The predicted molar refractivity (Wildman–Crippen MR) is 113 cm³/mol. The van der Waals surface area contributed by atoms with Crippen molar-refractivity contribution < 1.29 is 9.26 Å². The molecule has 3 aromatic heterocycles. The van der Waals surface area contributed by atoms with Crippen LogP contribution in [0.3, 0.4) is 0 Å². The monoisotopic (exact) mass is 414 g/mol. The van der Waals surface area contributed by atoms with Crippen LogP contribution >= 0.6 is 0 Å². The minimum atomic E-state index is -0.231. The van der Waals surface area contributed by atoms with E-state index >= 15 is 0 Å². The van der Waals surface area contributed by atoms with Crippen LogP contribution in [0.4, 0.5) is 0 Å². The summed E-state index contributed by atoms with van der Waals surface area (Å²) in [5, 5.41) is 8.80. The molecule has 0 radical (unpaired) electrons. The first kappa shape index (κ1) is 18.7. The Morgan fingerprint density at radius 1 is 1.13 bits per heavy atom. The van der Waals surface area contributed by atoms with Gasteiger partial charge in [-0.1, -0.05) is 35.5 Å². The van der Waals surface area contributed by atoms with E-state index in [0.29, 0.717) is 28.5 Å². The van der Waals surface area contributed by atoms with Crippen molar-refractivity contribution in [1.29, 1.82) is 0 Å². The number of benzene rings is 2. The minimum absolute atomic E-state index is 0.105. The van der Waals surface area contributed by atoms with Gasteiger partial charge in [-0.2, -0.15) is 10.1 Å². The van der Waals surface area contributed by atoms with E-state index in [2.05, 4.69) is 20.2 Å². The first-order valence-corrected chi connectivity index (χ1v) is 9.60. The zero-order valence-corrected chi connectivity index (χ0v) is 16.9. The molecular formula is C22H18N6O3. The highest BCUT2D eigenvalue weighted by atomic mass is 16.5. The lowest BCUT2D eigenvalue weighted by Gasteiger charge is -2.07. The van der Waals surface area contributed by atoms with Gasteiger partial charge < -0.3 is 9.26 Å². The zero-order chi connectivity index (χ0) is 21.4. The summed E-state index contributed by atoms with van der Waals surface area (Å²) in [4.78, 5) is 21.8. The highest BCUT2D eigenvalue weighted by Crippen LogP contribution is 2.21. The SMILES string of the molecule is COc1cccc(-c2noc(Cn3cnc4c(cnn4-c4ccccc4C)c3=O)n2)c1. The van der Waals surface area contributed by atoms with Crippen molar-refractivity contribution in [3.05, 3.63) is 82.9 Å². The van der Waals surface area contributed by atoms with Gasteiger partial charge in [0.15, 0.2) is 5.65 Å². The summed E-state index contributed by atoms with van der Waals surface area (Å²) < 4.78 is 13.7. The zero-order valence-electron chi connectivity index (χ0n) is 16.9. The van der Waals surface area contributed by atoms with Gasteiger partial charge in [0.25, 0.3) is 5.56 Å². The van der Waals surface area contributed by atoms with Crippen molar-refractivity contribution in [2.45, 2.75) is 13.5 Å². The van der Waals surface area contributed by atoms with E-state index in [4.69, 9.17) is 9.26 Å². The third-order valence-electron chi connectivity index (χ3n) is 5.00. The van der Waals surface area contributed by atoms with Crippen molar-refractivity contribution in [1.82, 2.24) is 29.5 Å². The van der Waals surface area contributed by atoms with E-state index in [0.717, 1.165) is 16.8 Å². The summed E-state index contributed by atoms with van der Waals surface area (Å²) in [5.74, 6) is 1.41. The Hall–Kier alpha value is -4.27. The summed E-state index contributed by atoms with van der Waals surface area (Å²) in [5.41, 5.74) is 2.94. The van der Waals surface area contributed by atoms with Crippen LogP contribution in [0.1, 0.15) is 11.5 Å². The van der Waals surface area contributed by atoms with Crippen LogP contribution in [-0.4, -0.2) is 36.6 Å². The molecule has 0 amide bonds. The lowest BCUT2D eigenvalue weighted by Crippen LogP contribution is -2.21. The molecule has 0 saturated carbocycles. The van der Waals surface area contributed by atoms with E-state index in [9.17, 15) is 4.79 Å². The van der Waals surface area contributed by atoms with Gasteiger partial charge in [-0.15, -0.1) is 0 Å². The summed E-state index contributed by atoms with van der Waals surface area (Å²) in [7, 11) is 1.59. The Morgan fingerprint density at radius 3 is 2.84 bits per heavy atom. The Bertz CT molecular complexity index is 1450. The first-order valence-electron chi connectivity index (χ1n) is 9.60. The molecule has 0 atom stereocenters. The highest BCUT2D eigenvalue weighted by molar-refractivity contribution is 5.75. The summed E-state index contributed by atoms with van der Waals surface area (Å²) in [6.07, 6.45) is 3.00. The number of aromatic nitrogens is 6. The Morgan fingerprint density at radius 2 is 2.00 bits per heavy atom. The van der Waals surface area contributed by atoms with Gasteiger partial charge in [0, 0.05) is 5.56 Å². The maximum atomic E-state index is 13.0. The molecule has 0 aliphatic carbocycles. The number of rotatable bonds is 5. The Labute approximate surface area is 176 Å². The molecule has 0 aliphatic heterocycles. The van der Waals surface area contributed by atoms with E-state index < -0.39 is 0 Å². The van der Waals surface area contributed by atoms with Crippen molar-refractivity contribution in [2.24, 2.45) is 0 Å². The third-order valence-corrected chi connectivity index (χ3v) is 5.00. The van der Waals surface area contributed by atoms with Crippen LogP contribution < -0.4 is 10.3 Å². The molecule has 9 nitrogen and oxygen atoms in total. The summed E-state index contributed by atoms with van der Waals surface area (Å²) in [6, 6.07) is 15.2. The van der Waals surface area contributed by atoms with Gasteiger partial charge in [0.2, 0.25) is 11.7 Å². The average molecular weight is 414 g/mol. The van der Waals surface area contributed by atoms with Crippen LogP contribution in [0.5, 0.6) is 5.75 Å². The fraction of sp³-hybridized carbons (Fsp3) is 0.136. The molecule has 3 heterocycles. The Kier molecular flexibility index (Phi) is 4.55. The quantitative estimate of drug-likeness (QED) is 0.436. The molecule has 5 aromatic rings. The highest BCUT2D eigenvalue weighted by Gasteiger charge is 2.15. The van der Waals surface area contributed by atoms with Crippen molar-refractivity contribution in [2.75, 3.05) is 7.11 Å². The predicted octanol–water partition coefficient (Wildman–Crippen LogP) is 3.00. The largest absolute Gasteiger partial charge is 0.497 e. The van der Waals surface area contributed by atoms with E-state index in [1.165, 1.54) is 17.1 Å². The molecule has 31 heavy (non-hydrogen) atoms. The summed E-state index contributed by atoms with van der Waals surface area (Å²) in [6.45, 7) is 2.09. The number of hydrogen-bond acceptors (Lipinski definition) is 7. The maximum absolute atomic E-state index is 13.0. The fourth-order valence-corrected chi connectivity index (χ4v) is 3.38. The lowest BCUT2D eigenvalue weighted by molar-refractivity contribution is 0.369. The van der Waals surface area contributed by atoms with Gasteiger partial charge in [-0.3, -0.25) is 9.36 Å². The number of aryl methyl sites for hydroxylation is 1. The number of nitrogens with zero attached hydrogens (tertiary/aromatic N) is 6. The normalized spacial score (nSPS) is 11.2. The first-order chi connectivity index (χ1) is 15.1. The van der Waals surface area contributed by atoms with Gasteiger partial charge in [-0.25, -0.2) is 9.67 Å². The molecule has 0 fully saturated rings. The topological polar surface area (TPSA) is 101 Å². The molecule has 9 heteroatoms. The molecule has 5 rings (SSSR count). The molecule has 0 saturated heterocycles. The second-order valence-corrected chi connectivity index (χ2v) is 7.00. The van der Waals surface area contributed by atoms with Crippen LogP contribution in [0, 0.1) is 6.92 Å². The third kappa shape index (κ3) is 3.35. The van der Waals surface area contributed by atoms with Gasteiger partial charge in [0.1, 0.15) is 24.0 Å². The second-order valence-electron chi connectivity index (χ2n) is 7.00. The molecule has 0 spiro atoms. The van der Waals surface area contributed by atoms with Crippen LogP contribution in [0.2, 0.25) is 0 Å². The number of ether oxygens (including phenoxy) is 1. The lowest BCUT2D eigenvalue weighted by atomic mass is 10.2. The number of para-hydroxylation sites is 1. The van der Waals surface area contributed by atoms with E-state index in [1.54, 1.807) is 11.8 Å². The molecule has 0 aliphatic rings. The molecular weight excluding hydrogens is 396 g/mol. The van der Waals surface area contributed by atoms with Gasteiger partial charge >= 0.3 is 0 Å². The van der Waals surface area contributed by atoms with Crippen molar-refractivity contribution in [3.8, 4) is 22.8 Å². The van der Waals surface area contributed by atoms with E-state index in [1.807, 2.05) is 55.5 Å². The molecule has 0 unspecified atom stereocenters. The number of fused-ring (bicyclic) bond motifs is 1. The van der Waals surface area contributed by atoms with Crippen molar-refractivity contribution in [3.63, 3.8) is 0 Å².